The van der Waals surface area contributed by atoms with Crippen molar-refractivity contribution in [2.24, 2.45) is 0 Å². The SMILES string of the molecule is OC/C=C\C(F)(OC(F)(F)F)C(F)(F)F. The van der Waals surface area contributed by atoms with Crippen LogP contribution < -0.4 is 0 Å². The Bertz CT molecular complexity index is 231. The third kappa shape index (κ3) is 4.47. The molecule has 0 saturated heterocycles. The zero-order chi connectivity index (χ0) is 12.3. The molecule has 0 fully saturated rings. The molecule has 0 rings (SSSR count). The maximum absolute atomic E-state index is 12.7. The lowest BCUT2D eigenvalue weighted by Crippen LogP contribution is -2.45. The van der Waals surface area contributed by atoms with E-state index >= 15 is 0 Å². The van der Waals surface area contributed by atoms with Gasteiger partial charge < -0.3 is 5.11 Å². The van der Waals surface area contributed by atoms with Crippen LogP contribution >= 0.6 is 0 Å². The van der Waals surface area contributed by atoms with Crippen LogP contribution in [0.3, 0.4) is 0 Å². The van der Waals surface area contributed by atoms with Crippen molar-refractivity contribution in [2.75, 3.05) is 6.61 Å². The first-order valence-electron chi connectivity index (χ1n) is 3.33. The molecule has 0 aliphatic carbocycles. The van der Waals surface area contributed by atoms with Gasteiger partial charge in [-0.05, 0) is 6.08 Å². The molecule has 0 aromatic carbocycles. The summed E-state index contributed by atoms with van der Waals surface area (Å²) in [5.41, 5.74) is 0. The second-order valence-electron chi connectivity index (χ2n) is 2.28. The summed E-state index contributed by atoms with van der Waals surface area (Å²) in [5.74, 6) is -4.99. The van der Waals surface area contributed by atoms with E-state index in [4.69, 9.17) is 5.11 Å². The maximum atomic E-state index is 12.7. The quantitative estimate of drug-likeness (QED) is 0.607. The molecule has 9 heteroatoms. The largest absolute Gasteiger partial charge is 0.525 e. The van der Waals surface area contributed by atoms with Gasteiger partial charge in [0, 0.05) is 0 Å². The molecular weight excluding hydrogens is 237 g/mol. The Hall–Kier alpha value is -0.830. The molecule has 0 heterocycles. The third-order valence-corrected chi connectivity index (χ3v) is 1.09. The molecule has 0 amide bonds. The van der Waals surface area contributed by atoms with Gasteiger partial charge in [0.05, 0.1) is 6.61 Å². The van der Waals surface area contributed by atoms with Gasteiger partial charge in [-0.2, -0.15) is 17.6 Å². The number of alkyl halides is 7. The highest BCUT2D eigenvalue weighted by Crippen LogP contribution is 2.40. The Morgan fingerprint density at radius 3 is 1.73 bits per heavy atom. The Morgan fingerprint density at radius 1 is 1.00 bits per heavy atom. The molecule has 0 aromatic heterocycles. The normalized spacial score (nSPS) is 18.1. The van der Waals surface area contributed by atoms with E-state index < -0.39 is 31.1 Å². The van der Waals surface area contributed by atoms with Crippen molar-refractivity contribution in [3.05, 3.63) is 12.2 Å². The molecule has 0 radical (unpaired) electrons. The van der Waals surface area contributed by atoms with E-state index in [0.29, 0.717) is 0 Å². The van der Waals surface area contributed by atoms with Crippen LogP contribution in [0.4, 0.5) is 30.7 Å². The van der Waals surface area contributed by atoms with Gasteiger partial charge in [0.1, 0.15) is 0 Å². The van der Waals surface area contributed by atoms with Gasteiger partial charge in [0.2, 0.25) is 0 Å². The summed E-state index contributed by atoms with van der Waals surface area (Å²) in [6.45, 7) is -1.05. The van der Waals surface area contributed by atoms with E-state index in [1.807, 2.05) is 0 Å². The molecular formula is C6H5F7O2. The molecule has 90 valence electrons. The molecule has 0 aliphatic heterocycles. The molecule has 1 unspecified atom stereocenters. The van der Waals surface area contributed by atoms with Crippen molar-refractivity contribution in [1.29, 1.82) is 0 Å². The number of rotatable bonds is 3. The van der Waals surface area contributed by atoms with Gasteiger partial charge in [-0.25, -0.2) is 4.74 Å². The Balaban J connectivity index is 4.96. The average Bonchev–Trinajstić information content (AvgIpc) is 1.95. The third-order valence-electron chi connectivity index (χ3n) is 1.09. The number of ether oxygens (including phenoxy) is 1. The van der Waals surface area contributed by atoms with E-state index in [9.17, 15) is 30.7 Å². The first-order chi connectivity index (χ1) is 6.52. The number of aliphatic hydroxyl groups excluding tert-OH is 1. The highest BCUT2D eigenvalue weighted by molar-refractivity contribution is 5.00. The fourth-order valence-electron chi connectivity index (χ4n) is 0.559. The molecule has 1 atom stereocenters. The van der Waals surface area contributed by atoms with Crippen molar-refractivity contribution in [2.45, 2.75) is 18.4 Å². The number of hydrogen-bond acceptors (Lipinski definition) is 2. The summed E-state index contributed by atoms with van der Waals surface area (Å²) in [6, 6.07) is 0. The van der Waals surface area contributed by atoms with E-state index in [1.54, 1.807) is 0 Å². The molecule has 0 aliphatic rings. The van der Waals surface area contributed by atoms with Crippen LogP contribution in [0, 0.1) is 0 Å². The highest BCUT2D eigenvalue weighted by Gasteiger charge is 2.61. The maximum Gasteiger partial charge on any atom is 0.525 e. The van der Waals surface area contributed by atoms with Gasteiger partial charge in [0.15, 0.2) is 0 Å². The summed E-state index contributed by atoms with van der Waals surface area (Å²) >= 11 is 0. The molecule has 0 bridgehead atoms. The van der Waals surface area contributed by atoms with Crippen LogP contribution in [0.1, 0.15) is 0 Å². The molecule has 0 aromatic rings. The first kappa shape index (κ1) is 14.2. The molecule has 1 N–H and O–H groups in total. The minimum atomic E-state index is -5.89. The van der Waals surface area contributed by atoms with Gasteiger partial charge in [0.25, 0.3) is 0 Å². The predicted molar refractivity (Wildman–Crippen MR) is 33.3 cm³/mol. The van der Waals surface area contributed by atoms with Gasteiger partial charge in [-0.3, -0.25) is 0 Å². The van der Waals surface area contributed by atoms with Crippen LogP contribution in [0.2, 0.25) is 0 Å². The van der Waals surface area contributed by atoms with Crippen molar-refractivity contribution in [1.82, 2.24) is 0 Å². The zero-order valence-electron chi connectivity index (χ0n) is 6.86. The lowest BCUT2D eigenvalue weighted by atomic mass is 10.2. The Labute approximate surface area is 78.9 Å². The Morgan fingerprint density at radius 2 is 1.47 bits per heavy atom. The summed E-state index contributed by atoms with van der Waals surface area (Å²) in [7, 11) is 0. The molecule has 0 spiro atoms. The lowest BCUT2D eigenvalue weighted by Gasteiger charge is -2.25. The lowest BCUT2D eigenvalue weighted by molar-refractivity contribution is -0.432. The number of aliphatic hydroxyl groups is 1. The molecule has 15 heavy (non-hydrogen) atoms. The molecule has 0 saturated carbocycles. The minimum Gasteiger partial charge on any atom is -0.392 e. The Kier molecular flexibility index (Phi) is 4.11. The van der Waals surface area contributed by atoms with E-state index in [1.165, 1.54) is 0 Å². The van der Waals surface area contributed by atoms with Crippen molar-refractivity contribution >= 4 is 0 Å². The standard InChI is InChI=1S/C6H5F7O2/c7-4(2-1-3-14,5(8,9)10)15-6(11,12)13/h1-2,14H,3H2/b2-1-. The van der Waals surface area contributed by atoms with E-state index in [-0.39, 0.29) is 6.08 Å². The molecule has 2 nitrogen and oxygen atoms in total. The monoisotopic (exact) mass is 242 g/mol. The van der Waals surface area contributed by atoms with Crippen molar-refractivity contribution in [3.63, 3.8) is 0 Å². The number of hydrogen-bond donors (Lipinski definition) is 1. The second-order valence-corrected chi connectivity index (χ2v) is 2.28. The van der Waals surface area contributed by atoms with Crippen LogP contribution in [0.15, 0.2) is 12.2 Å². The second kappa shape index (κ2) is 4.35. The summed E-state index contributed by atoms with van der Waals surface area (Å²) < 4.78 is 84.8. The van der Waals surface area contributed by atoms with Gasteiger partial charge in [-0.1, -0.05) is 6.08 Å². The fourth-order valence-corrected chi connectivity index (χ4v) is 0.559. The highest BCUT2D eigenvalue weighted by atomic mass is 19.4. The smallest absolute Gasteiger partial charge is 0.392 e. The summed E-state index contributed by atoms with van der Waals surface area (Å²) in [5, 5.41) is 8.04. The topological polar surface area (TPSA) is 29.5 Å². The van der Waals surface area contributed by atoms with Crippen LogP contribution in [-0.4, -0.2) is 30.1 Å². The fraction of sp³-hybridized carbons (Fsp3) is 0.667. The average molecular weight is 242 g/mol. The van der Waals surface area contributed by atoms with Gasteiger partial charge in [-0.15, -0.1) is 13.2 Å². The van der Waals surface area contributed by atoms with Crippen LogP contribution in [0.5, 0.6) is 0 Å². The number of halogens is 7. The van der Waals surface area contributed by atoms with Crippen LogP contribution in [-0.2, 0) is 4.74 Å². The van der Waals surface area contributed by atoms with E-state index in [2.05, 4.69) is 4.74 Å². The van der Waals surface area contributed by atoms with Crippen LogP contribution in [0.25, 0.3) is 0 Å². The van der Waals surface area contributed by atoms with Crippen molar-refractivity contribution in [3.8, 4) is 0 Å². The summed E-state index contributed by atoms with van der Waals surface area (Å²) in [4.78, 5) is 0. The first-order valence-corrected chi connectivity index (χ1v) is 3.33. The zero-order valence-corrected chi connectivity index (χ0v) is 6.86. The van der Waals surface area contributed by atoms with Crippen molar-refractivity contribution < 1.29 is 40.6 Å². The van der Waals surface area contributed by atoms with Gasteiger partial charge >= 0.3 is 18.4 Å². The van der Waals surface area contributed by atoms with E-state index in [0.717, 1.165) is 0 Å². The minimum absolute atomic E-state index is 0.152. The predicted octanol–water partition coefficient (Wildman–Crippen LogP) is 2.30. The summed E-state index contributed by atoms with van der Waals surface area (Å²) in [6.07, 6.45) is -12.1.